The SMILES string of the molecule is CCC(C)(CC)Nc1nc(NC)ncc1Cl. The second kappa shape index (κ2) is 5.34. The summed E-state index contributed by atoms with van der Waals surface area (Å²) in [5, 5.41) is 6.82. The Morgan fingerprint density at radius 3 is 2.50 bits per heavy atom. The Bertz CT molecular complexity index is 350. The minimum Gasteiger partial charge on any atom is -0.364 e. The molecule has 0 aliphatic rings. The van der Waals surface area contributed by atoms with E-state index in [-0.39, 0.29) is 5.54 Å². The standard InChI is InChI=1S/C11H19ClN4/c1-5-11(3,6-2)16-9-8(12)7-14-10(13-4)15-9/h7H,5-6H2,1-4H3,(H2,13,14,15,16). The zero-order chi connectivity index (χ0) is 12.2. The highest BCUT2D eigenvalue weighted by Crippen LogP contribution is 2.26. The maximum Gasteiger partial charge on any atom is 0.224 e. The number of nitrogens with one attached hydrogen (secondary N) is 2. The minimum absolute atomic E-state index is 0.0169. The van der Waals surface area contributed by atoms with Crippen molar-refractivity contribution in [2.24, 2.45) is 0 Å². The van der Waals surface area contributed by atoms with Gasteiger partial charge in [0, 0.05) is 12.6 Å². The van der Waals surface area contributed by atoms with Crippen molar-refractivity contribution in [1.29, 1.82) is 0 Å². The molecule has 0 unspecified atom stereocenters. The Labute approximate surface area is 102 Å². The van der Waals surface area contributed by atoms with Crippen LogP contribution in [0.25, 0.3) is 0 Å². The van der Waals surface area contributed by atoms with Crippen LogP contribution in [0.3, 0.4) is 0 Å². The van der Waals surface area contributed by atoms with E-state index in [9.17, 15) is 0 Å². The van der Waals surface area contributed by atoms with Crippen LogP contribution in [-0.4, -0.2) is 22.6 Å². The molecule has 16 heavy (non-hydrogen) atoms. The number of hydrogen-bond donors (Lipinski definition) is 2. The molecule has 0 saturated heterocycles. The lowest BCUT2D eigenvalue weighted by atomic mass is 9.96. The highest BCUT2D eigenvalue weighted by Gasteiger charge is 2.21. The van der Waals surface area contributed by atoms with E-state index in [0.717, 1.165) is 12.8 Å². The lowest BCUT2D eigenvalue weighted by molar-refractivity contribution is 0.477. The molecule has 0 aliphatic heterocycles. The highest BCUT2D eigenvalue weighted by molar-refractivity contribution is 6.32. The maximum absolute atomic E-state index is 6.06. The Morgan fingerprint density at radius 1 is 1.38 bits per heavy atom. The van der Waals surface area contributed by atoms with Crippen molar-refractivity contribution < 1.29 is 0 Å². The molecular weight excluding hydrogens is 224 g/mol. The van der Waals surface area contributed by atoms with Gasteiger partial charge in [-0.3, -0.25) is 0 Å². The molecule has 0 aromatic carbocycles. The highest BCUT2D eigenvalue weighted by atomic mass is 35.5. The van der Waals surface area contributed by atoms with Crippen molar-refractivity contribution in [2.45, 2.75) is 39.2 Å². The molecule has 4 nitrogen and oxygen atoms in total. The van der Waals surface area contributed by atoms with Crippen LogP contribution in [0.1, 0.15) is 33.6 Å². The summed E-state index contributed by atoms with van der Waals surface area (Å²) in [6.45, 7) is 6.44. The first-order valence-corrected chi connectivity index (χ1v) is 5.91. The van der Waals surface area contributed by atoms with Gasteiger partial charge in [-0.25, -0.2) is 4.98 Å². The van der Waals surface area contributed by atoms with Gasteiger partial charge in [-0.2, -0.15) is 4.98 Å². The molecule has 5 heteroatoms. The van der Waals surface area contributed by atoms with E-state index < -0.39 is 0 Å². The lowest BCUT2D eigenvalue weighted by Crippen LogP contribution is -2.33. The molecule has 1 aromatic heterocycles. The third-order valence-electron chi connectivity index (χ3n) is 2.95. The monoisotopic (exact) mass is 242 g/mol. The third kappa shape index (κ3) is 2.98. The summed E-state index contributed by atoms with van der Waals surface area (Å²) in [5.41, 5.74) is 0.0169. The average Bonchev–Trinajstić information content (AvgIpc) is 2.32. The van der Waals surface area contributed by atoms with E-state index in [1.807, 2.05) is 0 Å². The second-order valence-corrected chi connectivity index (χ2v) is 4.44. The Balaban J connectivity index is 2.95. The van der Waals surface area contributed by atoms with Crippen molar-refractivity contribution in [3.63, 3.8) is 0 Å². The summed E-state index contributed by atoms with van der Waals surface area (Å²) in [5.74, 6) is 1.26. The average molecular weight is 243 g/mol. The van der Waals surface area contributed by atoms with Gasteiger partial charge in [-0.15, -0.1) is 0 Å². The number of hydrogen-bond acceptors (Lipinski definition) is 4. The molecule has 0 fully saturated rings. The number of aromatic nitrogens is 2. The van der Waals surface area contributed by atoms with Crippen LogP contribution in [-0.2, 0) is 0 Å². The van der Waals surface area contributed by atoms with Gasteiger partial charge < -0.3 is 10.6 Å². The number of rotatable bonds is 5. The predicted molar refractivity (Wildman–Crippen MR) is 69.2 cm³/mol. The molecule has 0 bridgehead atoms. The molecule has 90 valence electrons. The van der Waals surface area contributed by atoms with Gasteiger partial charge in [-0.1, -0.05) is 25.4 Å². The summed E-state index contributed by atoms with van der Waals surface area (Å²) < 4.78 is 0. The largest absolute Gasteiger partial charge is 0.364 e. The summed E-state index contributed by atoms with van der Waals surface area (Å²) in [6.07, 6.45) is 3.63. The van der Waals surface area contributed by atoms with Gasteiger partial charge >= 0.3 is 0 Å². The third-order valence-corrected chi connectivity index (χ3v) is 3.23. The van der Waals surface area contributed by atoms with Crippen molar-refractivity contribution in [2.75, 3.05) is 17.7 Å². The quantitative estimate of drug-likeness (QED) is 0.833. The van der Waals surface area contributed by atoms with E-state index in [4.69, 9.17) is 11.6 Å². The van der Waals surface area contributed by atoms with Crippen molar-refractivity contribution in [1.82, 2.24) is 9.97 Å². The first-order chi connectivity index (χ1) is 7.54. The van der Waals surface area contributed by atoms with Gasteiger partial charge in [0.2, 0.25) is 5.95 Å². The first kappa shape index (κ1) is 13.0. The van der Waals surface area contributed by atoms with Gasteiger partial charge in [0.15, 0.2) is 5.82 Å². The van der Waals surface area contributed by atoms with Gasteiger partial charge in [-0.05, 0) is 19.8 Å². The summed E-state index contributed by atoms with van der Waals surface area (Å²) in [7, 11) is 1.78. The molecule has 1 heterocycles. The van der Waals surface area contributed by atoms with E-state index in [2.05, 4.69) is 41.4 Å². The van der Waals surface area contributed by atoms with Gasteiger partial charge in [0.25, 0.3) is 0 Å². The molecular formula is C11H19ClN4. The van der Waals surface area contributed by atoms with Crippen LogP contribution in [0.15, 0.2) is 6.20 Å². The Kier molecular flexibility index (Phi) is 4.35. The fourth-order valence-electron chi connectivity index (χ4n) is 1.29. The molecule has 0 spiro atoms. The van der Waals surface area contributed by atoms with E-state index >= 15 is 0 Å². The van der Waals surface area contributed by atoms with Crippen molar-refractivity contribution in [3.8, 4) is 0 Å². The van der Waals surface area contributed by atoms with E-state index in [0.29, 0.717) is 16.8 Å². The fraction of sp³-hybridized carbons (Fsp3) is 0.636. The zero-order valence-electron chi connectivity index (χ0n) is 10.3. The van der Waals surface area contributed by atoms with E-state index in [1.165, 1.54) is 0 Å². The molecule has 1 rings (SSSR count). The van der Waals surface area contributed by atoms with Crippen LogP contribution in [0.2, 0.25) is 5.02 Å². The zero-order valence-corrected chi connectivity index (χ0v) is 11.0. The predicted octanol–water partition coefficient (Wildman–Crippen LogP) is 3.16. The number of nitrogens with zero attached hydrogens (tertiary/aromatic N) is 2. The molecule has 0 aliphatic carbocycles. The first-order valence-electron chi connectivity index (χ1n) is 5.53. The van der Waals surface area contributed by atoms with Crippen LogP contribution < -0.4 is 10.6 Å². The fourth-order valence-corrected chi connectivity index (χ4v) is 1.43. The Morgan fingerprint density at radius 2 is 2.00 bits per heavy atom. The van der Waals surface area contributed by atoms with E-state index in [1.54, 1.807) is 13.2 Å². The summed E-state index contributed by atoms with van der Waals surface area (Å²) in [4.78, 5) is 8.35. The normalized spacial score (nSPS) is 11.3. The smallest absolute Gasteiger partial charge is 0.224 e. The molecule has 0 saturated carbocycles. The molecule has 2 N–H and O–H groups in total. The molecule has 1 aromatic rings. The van der Waals surface area contributed by atoms with Crippen molar-refractivity contribution in [3.05, 3.63) is 11.2 Å². The van der Waals surface area contributed by atoms with Gasteiger partial charge in [0.1, 0.15) is 5.02 Å². The van der Waals surface area contributed by atoms with Crippen molar-refractivity contribution >= 4 is 23.4 Å². The summed E-state index contributed by atoms with van der Waals surface area (Å²) >= 11 is 6.06. The lowest BCUT2D eigenvalue weighted by Gasteiger charge is -2.29. The molecule has 0 radical (unpaired) electrons. The number of halogens is 1. The molecule has 0 amide bonds. The summed E-state index contributed by atoms with van der Waals surface area (Å²) in [6, 6.07) is 0. The number of anilines is 2. The van der Waals surface area contributed by atoms with Crippen LogP contribution in [0.4, 0.5) is 11.8 Å². The van der Waals surface area contributed by atoms with Crippen LogP contribution in [0.5, 0.6) is 0 Å². The topological polar surface area (TPSA) is 49.8 Å². The van der Waals surface area contributed by atoms with Gasteiger partial charge in [0.05, 0.1) is 6.20 Å². The Hall–Kier alpha value is -1.03. The van der Waals surface area contributed by atoms with Crippen LogP contribution >= 0.6 is 11.6 Å². The second-order valence-electron chi connectivity index (χ2n) is 4.03. The van der Waals surface area contributed by atoms with Crippen LogP contribution in [0, 0.1) is 0 Å². The maximum atomic E-state index is 6.06. The minimum atomic E-state index is 0.0169. The molecule has 0 atom stereocenters.